The first-order valence-electron chi connectivity index (χ1n) is 13.4. The molecule has 3 N–H and O–H groups in total. The van der Waals surface area contributed by atoms with Gasteiger partial charge in [-0.15, -0.1) is 0 Å². The number of ether oxygens (including phenoxy) is 1. The van der Waals surface area contributed by atoms with E-state index in [0.717, 1.165) is 19.4 Å². The molecule has 0 saturated carbocycles. The van der Waals surface area contributed by atoms with Crippen molar-refractivity contribution in [3.63, 3.8) is 0 Å². The molecular weight excluding hydrogens is 539 g/mol. The Morgan fingerprint density at radius 1 is 1.20 bits per heavy atom. The molecule has 0 aliphatic heterocycles. The molecule has 1 aliphatic rings. The van der Waals surface area contributed by atoms with Crippen LogP contribution < -0.4 is 10.6 Å². The highest BCUT2D eigenvalue weighted by molar-refractivity contribution is 6.00. The average molecular weight is 574 g/mol. The maximum Gasteiger partial charge on any atom is 0.427 e. The average Bonchev–Trinajstić information content (AvgIpc) is 3.28. The van der Waals surface area contributed by atoms with Gasteiger partial charge < -0.3 is 20.0 Å². The Morgan fingerprint density at radius 3 is 2.49 bits per heavy atom. The summed E-state index contributed by atoms with van der Waals surface area (Å²) in [6, 6.07) is -0.187. The number of nitrogens with zero attached hydrogens (tertiary/aromatic N) is 6. The molecule has 0 saturated heterocycles. The number of aryl methyl sites for hydroxylation is 2. The smallest absolute Gasteiger partial charge is 0.427 e. The number of amides is 1. The van der Waals surface area contributed by atoms with Crippen LogP contribution in [-0.4, -0.2) is 59.1 Å². The monoisotopic (exact) mass is 573 g/mol. The first-order valence-corrected chi connectivity index (χ1v) is 13.4. The predicted octanol–water partition coefficient (Wildman–Crippen LogP) is 5.57. The van der Waals surface area contributed by atoms with Gasteiger partial charge in [-0.1, -0.05) is 13.8 Å². The van der Waals surface area contributed by atoms with Crippen molar-refractivity contribution in [3.8, 4) is 11.4 Å². The maximum absolute atomic E-state index is 13.2. The Bertz CT molecular complexity index is 1480. The van der Waals surface area contributed by atoms with Crippen LogP contribution in [0.3, 0.4) is 0 Å². The lowest BCUT2D eigenvalue weighted by Crippen LogP contribution is -2.46. The topological polar surface area (TPSA) is 144 Å². The van der Waals surface area contributed by atoms with Crippen LogP contribution in [0.15, 0.2) is 30.0 Å². The zero-order valence-electron chi connectivity index (χ0n) is 23.8. The molecule has 1 atom stereocenters. The number of hydrogen-bond donors (Lipinski definition) is 3. The zero-order chi connectivity index (χ0) is 30.1. The summed E-state index contributed by atoms with van der Waals surface area (Å²) in [6.07, 6.45) is 0.108. The number of carbonyl (C=O) groups is 1. The number of carbonyl (C=O) groups excluding carboxylic acids is 1. The van der Waals surface area contributed by atoms with Gasteiger partial charge in [-0.25, -0.2) is 29.7 Å². The van der Waals surface area contributed by atoms with Crippen molar-refractivity contribution in [2.75, 3.05) is 5.32 Å². The fourth-order valence-electron chi connectivity index (χ4n) is 4.53. The van der Waals surface area contributed by atoms with Gasteiger partial charge in [0.1, 0.15) is 18.0 Å². The molecule has 0 bridgehead atoms. The van der Waals surface area contributed by atoms with Gasteiger partial charge in [0, 0.05) is 36.4 Å². The summed E-state index contributed by atoms with van der Waals surface area (Å²) in [5.74, 6) is 1.64. The second-order valence-corrected chi connectivity index (χ2v) is 10.7. The van der Waals surface area contributed by atoms with E-state index in [1.54, 1.807) is 19.3 Å². The highest BCUT2D eigenvalue weighted by Crippen LogP contribution is 2.34. The van der Waals surface area contributed by atoms with Gasteiger partial charge in [-0.3, -0.25) is 5.32 Å². The van der Waals surface area contributed by atoms with Gasteiger partial charge >= 0.3 is 12.3 Å². The van der Waals surface area contributed by atoms with Crippen LogP contribution in [0.4, 0.5) is 23.8 Å². The number of halogens is 3. The first kappa shape index (κ1) is 29.9. The van der Waals surface area contributed by atoms with E-state index < -0.39 is 17.9 Å². The summed E-state index contributed by atoms with van der Waals surface area (Å²) in [4.78, 5) is 34.7. The number of rotatable bonds is 8. The molecule has 0 spiro atoms. The molecular formula is C27H34F3N9O2. The lowest BCUT2D eigenvalue weighted by molar-refractivity contribution is -0.243. The van der Waals surface area contributed by atoms with Crippen molar-refractivity contribution in [2.24, 2.45) is 5.92 Å². The number of alkyl carbamates (subject to hydrolysis) is 1. The molecule has 3 aromatic rings. The van der Waals surface area contributed by atoms with Gasteiger partial charge in [0.25, 0.3) is 0 Å². The van der Waals surface area contributed by atoms with Crippen LogP contribution in [0.25, 0.3) is 22.6 Å². The minimum Gasteiger partial charge on any atom is -0.434 e. The third-order valence-corrected chi connectivity index (χ3v) is 6.97. The number of nitrogens with one attached hydrogen (secondary N) is 3. The van der Waals surface area contributed by atoms with E-state index >= 15 is 0 Å². The molecule has 220 valence electrons. The van der Waals surface area contributed by atoms with Gasteiger partial charge in [0.2, 0.25) is 5.60 Å². The summed E-state index contributed by atoms with van der Waals surface area (Å²) in [5, 5.41) is 14.6. The Morgan fingerprint density at radius 2 is 1.88 bits per heavy atom. The Hall–Kier alpha value is -4.10. The standard InChI is InChI=1S/C27H34F3N9O2/c1-7-39-23(16-11-32-15(4)33-12-16)38-21-22(34-13-35-24(21)39)36-17-8-9-19(18(10-17)20(31)14(2)3)37-25(40)41-26(5,6)27(28,29)30/h11-14,17,31H,7-10H2,1-6H3,(H,37,40)(H,34,35,36). The van der Waals surface area contributed by atoms with E-state index in [4.69, 9.17) is 15.1 Å². The van der Waals surface area contributed by atoms with Crippen LogP contribution in [0.1, 0.15) is 59.7 Å². The zero-order valence-corrected chi connectivity index (χ0v) is 23.8. The fourth-order valence-corrected chi connectivity index (χ4v) is 4.53. The largest absolute Gasteiger partial charge is 0.434 e. The quantitative estimate of drug-likeness (QED) is 0.297. The Kier molecular flexibility index (Phi) is 8.31. The Balaban J connectivity index is 1.61. The maximum atomic E-state index is 13.2. The van der Waals surface area contributed by atoms with E-state index in [1.807, 2.05) is 25.3 Å². The van der Waals surface area contributed by atoms with Crippen molar-refractivity contribution in [3.05, 3.63) is 35.8 Å². The van der Waals surface area contributed by atoms with Gasteiger partial charge in [-0.2, -0.15) is 13.2 Å². The number of imidazole rings is 1. The van der Waals surface area contributed by atoms with Crippen molar-refractivity contribution in [1.82, 2.24) is 34.8 Å². The first-order chi connectivity index (χ1) is 19.2. The van der Waals surface area contributed by atoms with E-state index in [-0.39, 0.29) is 17.7 Å². The molecule has 3 aromatic heterocycles. The van der Waals surface area contributed by atoms with Crippen molar-refractivity contribution in [2.45, 2.75) is 85.2 Å². The van der Waals surface area contributed by atoms with Crippen LogP contribution >= 0.6 is 0 Å². The number of alkyl halides is 3. The van der Waals surface area contributed by atoms with Gasteiger partial charge in [-0.05, 0) is 58.4 Å². The minimum atomic E-state index is -4.73. The molecule has 1 aliphatic carbocycles. The summed E-state index contributed by atoms with van der Waals surface area (Å²) in [7, 11) is 0. The fraction of sp³-hybridized carbons (Fsp3) is 0.519. The molecule has 41 heavy (non-hydrogen) atoms. The second-order valence-electron chi connectivity index (χ2n) is 10.7. The minimum absolute atomic E-state index is 0.173. The highest BCUT2D eigenvalue weighted by Gasteiger charge is 2.51. The molecule has 0 aromatic carbocycles. The highest BCUT2D eigenvalue weighted by atomic mass is 19.4. The Labute approximate surface area is 235 Å². The third-order valence-electron chi connectivity index (χ3n) is 6.97. The third kappa shape index (κ3) is 6.30. The number of aromatic nitrogens is 6. The molecule has 0 fully saturated rings. The lowest BCUT2D eigenvalue weighted by Gasteiger charge is -2.31. The summed E-state index contributed by atoms with van der Waals surface area (Å²) in [5.41, 5.74) is 0.501. The van der Waals surface area contributed by atoms with Crippen LogP contribution in [0, 0.1) is 18.3 Å². The molecule has 1 amide bonds. The molecule has 0 radical (unpaired) electrons. The van der Waals surface area contributed by atoms with Crippen molar-refractivity contribution >= 4 is 28.8 Å². The summed E-state index contributed by atoms with van der Waals surface area (Å²) >= 11 is 0. The molecule has 11 nitrogen and oxygen atoms in total. The number of anilines is 1. The van der Waals surface area contributed by atoms with Gasteiger partial charge in [0.15, 0.2) is 17.0 Å². The van der Waals surface area contributed by atoms with Crippen LogP contribution in [0.2, 0.25) is 0 Å². The van der Waals surface area contributed by atoms with Crippen molar-refractivity contribution in [1.29, 1.82) is 5.41 Å². The number of hydrogen-bond acceptors (Lipinski definition) is 9. The predicted molar refractivity (Wildman–Crippen MR) is 147 cm³/mol. The number of fused-ring (bicyclic) bond motifs is 1. The van der Waals surface area contributed by atoms with E-state index in [0.29, 0.717) is 65.7 Å². The lowest BCUT2D eigenvalue weighted by atomic mass is 9.85. The molecule has 3 heterocycles. The summed E-state index contributed by atoms with van der Waals surface area (Å²) < 4.78 is 46.3. The number of allylic oxidation sites excluding steroid dienone is 1. The molecule has 14 heteroatoms. The molecule has 1 unspecified atom stereocenters. The van der Waals surface area contributed by atoms with E-state index in [1.165, 1.54) is 6.33 Å². The SMILES string of the molecule is CCn1c(-c2cnc(C)nc2)nc2c(NC3CCC(NC(=O)OC(C)(C)C(F)(F)F)=C(C(=N)C(C)C)C3)ncnc21. The van der Waals surface area contributed by atoms with E-state index in [2.05, 4.69) is 30.6 Å². The summed E-state index contributed by atoms with van der Waals surface area (Å²) in [6.45, 7) is 9.66. The van der Waals surface area contributed by atoms with Crippen LogP contribution in [0.5, 0.6) is 0 Å². The van der Waals surface area contributed by atoms with Crippen LogP contribution in [-0.2, 0) is 11.3 Å². The normalized spacial score (nSPS) is 16.3. The molecule has 4 rings (SSSR count). The van der Waals surface area contributed by atoms with Crippen molar-refractivity contribution < 1.29 is 22.7 Å². The second kappa shape index (κ2) is 11.4. The van der Waals surface area contributed by atoms with Gasteiger partial charge in [0.05, 0.1) is 5.56 Å². The van der Waals surface area contributed by atoms with E-state index in [9.17, 15) is 18.0 Å².